The number of fused-ring (bicyclic) bond motifs is 8. The van der Waals surface area contributed by atoms with Crippen molar-refractivity contribution in [2.45, 2.75) is 0 Å². The van der Waals surface area contributed by atoms with Crippen molar-refractivity contribution in [3.63, 3.8) is 0 Å². The maximum absolute atomic E-state index is 2.47. The van der Waals surface area contributed by atoms with E-state index in [4.69, 9.17) is 0 Å². The third-order valence-corrected chi connectivity index (χ3v) is 11.4. The maximum Gasteiger partial charge on any atom is 0.0561 e. The van der Waals surface area contributed by atoms with Crippen molar-refractivity contribution in [3.05, 3.63) is 200 Å². The second-order valence-electron chi connectivity index (χ2n) is 13.3. The molecule has 1 aromatic heterocycles. The van der Waals surface area contributed by atoms with Gasteiger partial charge in [-0.25, -0.2) is 0 Å². The van der Waals surface area contributed by atoms with Crippen LogP contribution >= 0.6 is 11.3 Å². The summed E-state index contributed by atoms with van der Waals surface area (Å²) >= 11 is 1.91. The summed E-state index contributed by atoms with van der Waals surface area (Å²) in [5.74, 6) is 0. The molecule has 0 fully saturated rings. The van der Waals surface area contributed by atoms with Gasteiger partial charge in [-0.2, -0.15) is 0 Å². The van der Waals surface area contributed by atoms with Crippen molar-refractivity contribution in [2.75, 3.05) is 4.90 Å². The lowest BCUT2D eigenvalue weighted by atomic mass is 9.95. The number of rotatable bonds is 6. The van der Waals surface area contributed by atoms with E-state index < -0.39 is 0 Å². The summed E-state index contributed by atoms with van der Waals surface area (Å²) in [4.78, 5) is 2.47. The van der Waals surface area contributed by atoms with Crippen molar-refractivity contribution in [2.24, 2.45) is 0 Å². The predicted octanol–water partition coefficient (Wildman–Crippen LogP) is 14.8. The second kappa shape index (κ2) is 12.7. The summed E-state index contributed by atoms with van der Waals surface area (Å²) in [5.41, 5.74) is 10.6. The predicted molar refractivity (Wildman–Crippen MR) is 225 cm³/mol. The number of thiophene rings is 1. The molecule has 2 heteroatoms. The summed E-state index contributed by atoms with van der Waals surface area (Å²) in [6.07, 6.45) is 0. The van der Waals surface area contributed by atoms with Gasteiger partial charge in [-0.1, -0.05) is 164 Å². The first-order valence-corrected chi connectivity index (χ1v) is 18.6. The van der Waals surface area contributed by atoms with Crippen LogP contribution in [0, 0.1) is 0 Å². The van der Waals surface area contributed by atoms with E-state index in [9.17, 15) is 0 Å². The Balaban J connectivity index is 1.29. The van der Waals surface area contributed by atoms with E-state index in [0.29, 0.717) is 0 Å². The highest BCUT2D eigenvalue weighted by atomic mass is 32.1. The number of hydrogen-bond donors (Lipinski definition) is 0. The Kier molecular flexibility index (Phi) is 7.41. The van der Waals surface area contributed by atoms with E-state index in [2.05, 4.69) is 205 Å². The van der Waals surface area contributed by atoms with E-state index in [-0.39, 0.29) is 0 Å². The van der Waals surface area contributed by atoms with E-state index in [0.717, 1.165) is 11.4 Å². The van der Waals surface area contributed by atoms with Crippen LogP contribution in [0.15, 0.2) is 200 Å². The molecule has 0 N–H and O–H groups in total. The van der Waals surface area contributed by atoms with Crippen molar-refractivity contribution < 1.29 is 0 Å². The topological polar surface area (TPSA) is 3.24 Å². The lowest BCUT2D eigenvalue weighted by molar-refractivity contribution is 1.30. The van der Waals surface area contributed by atoms with Gasteiger partial charge in [0.05, 0.1) is 5.69 Å². The fraction of sp³-hybridized carbons (Fsp3) is 0. The van der Waals surface area contributed by atoms with Gasteiger partial charge in [0.1, 0.15) is 0 Å². The van der Waals surface area contributed by atoms with Gasteiger partial charge in [-0.3, -0.25) is 0 Å². The van der Waals surface area contributed by atoms with Crippen molar-refractivity contribution in [1.82, 2.24) is 0 Å². The molecule has 10 rings (SSSR count). The van der Waals surface area contributed by atoms with Crippen LogP contribution in [0.5, 0.6) is 0 Å². The average molecular weight is 680 g/mol. The molecule has 0 atom stereocenters. The molecule has 52 heavy (non-hydrogen) atoms. The molecular formula is C50H33NS. The van der Waals surface area contributed by atoms with Crippen LogP contribution < -0.4 is 4.90 Å². The summed E-state index contributed by atoms with van der Waals surface area (Å²) in [6.45, 7) is 0. The lowest BCUT2D eigenvalue weighted by Crippen LogP contribution is -2.10. The molecule has 0 aliphatic heterocycles. The smallest absolute Gasteiger partial charge is 0.0561 e. The Bertz CT molecular complexity index is 2770. The fourth-order valence-electron chi connectivity index (χ4n) is 7.77. The maximum atomic E-state index is 2.47. The second-order valence-corrected chi connectivity index (χ2v) is 14.3. The van der Waals surface area contributed by atoms with Crippen LogP contribution in [0.4, 0.5) is 17.1 Å². The van der Waals surface area contributed by atoms with E-state index in [1.54, 1.807) is 0 Å². The molecular weight excluding hydrogens is 647 g/mol. The van der Waals surface area contributed by atoms with Crippen LogP contribution in [-0.2, 0) is 0 Å². The molecule has 0 bridgehead atoms. The van der Waals surface area contributed by atoms with Gasteiger partial charge in [-0.15, -0.1) is 11.3 Å². The molecule has 0 spiro atoms. The van der Waals surface area contributed by atoms with Crippen LogP contribution in [0.2, 0.25) is 0 Å². The van der Waals surface area contributed by atoms with E-state index in [1.807, 2.05) is 11.3 Å². The van der Waals surface area contributed by atoms with Crippen LogP contribution in [-0.4, -0.2) is 0 Å². The summed E-state index contributed by atoms with van der Waals surface area (Å²) in [7, 11) is 0. The highest BCUT2D eigenvalue weighted by Gasteiger charge is 2.23. The molecule has 0 aliphatic rings. The Labute approximate surface area is 307 Å². The Morgan fingerprint density at radius 3 is 1.23 bits per heavy atom. The van der Waals surface area contributed by atoms with E-state index in [1.165, 1.54) is 80.8 Å². The minimum atomic E-state index is 1.11. The SMILES string of the molecule is c1ccc(-c2ccc(N(c3ccc(-c4ccccc4)cc3)c3cc(-c4ccccc4)cc4sc5c6ccccc6c6ccccc6c5c34)cc2)cc1. The summed E-state index contributed by atoms with van der Waals surface area (Å²) < 4.78 is 2.61. The fourth-order valence-corrected chi connectivity index (χ4v) is 9.09. The molecule has 0 amide bonds. The average Bonchev–Trinajstić information content (AvgIpc) is 3.63. The zero-order chi connectivity index (χ0) is 34.4. The van der Waals surface area contributed by atoms with Gasteiger partial charge in [-0.05, 0) is 85.9 Å². The zero-order valence-corrected chi connectivity index (χ0v) is 29.2. The molecule has 0 aliphatic carbocycles. The van der Waals surface area contributed by atoms with Crippen LogP contribution in [0.1, 0.15) is 0 Å². The summed E-state index contributed by atoms with van der Waals surface area (Å²) in [5, 5.41) is 7.77. The largest absolute Gasteiger partial charge is 0.310 e. The normalized spacial score (nSPS) is 11.5. The minimum absolute atomic E-state index is 1.11. The highest BCUT2D eigenvalue weighted by molar-refractivity contribution is 7.27. The lowest BCUT2D eigenvalue weighted by Gasteiger charge is -2.28. The highest BCUT2D eigenvalue weighted by Crippen LogP contribution is 2.51. The Morgan fingerprint density at radius 1 is 0.308 bits per heavy atom. The number of anilines is 3. The Hall–Kier alpha value is -6.48. The first-order chi connectivity index (χ1) is 25.8. The molecule has 0 saturated carbocycles. The van der Waals surface area contributed by atoms with Gasteiger partial charge in [0, 0.05) is 36.9 Å². The quantitative estimate of drug-likeness (QED) is 0.158. The molecule has 1 heterocycles. The molecule has 0 unspecified atom stereocenters. The number of benzene rings is 9. The van der Waals surface area contributed by atoms with Gasteiger partial charge >= 0.3 is 0 Å². The molecule has 244 valence electrons. The van der Waals surface area contributed by atoms with Gasteiger partial charge in [0.2, 0.25) is 0 Å². The molecule has 1 nitrogen and oxygen atoms in total. The first-order valence-electron chi connectivity index (χ1n) is 17.8. The standard InChI is InChI=1S/C50H33NS/c1-4-14-34(15-5-1)37-24-28-40(29-25-37)51(41-30-26-38(27-31-41)35-16-6-2-7-17-35)46-32-39(36-18-8-3-9-19-36)33-47-49(46)48-44-22-12-10-20-42(44)43-21-11-13-23-45(43)50(48)52-47/h1-33H. The molecule has 9 aromatic carbocycles. The zero-order valence-electron chi connectivity index (χ0n) is 28.4. The molecule has 10 aromatic rings. The monoisotopic (exact) mass is 679 g/mol. The first kappa shape index (κ1) is 30.4. The van der Waals surface area contributed by atoms with Gasteiger partial charge < -0.3 is 4.90 Å². The van der Waals surface area contributed by atoms with Crippen molar-refractivity contribution in [3.8, 4) is 33.4 Å². The third-order valence-electron chi connectivity index (χ3n) is 10.2. The number of nitrogens with zero attached hydrogens (tertiary/aromatic N) is 1. The van der Waals surface area contributed by atoms with Crippen molar-refractivity contribution >= 4 is 70.1 Å². The van der Waals surface area contributed by atoms with Crippen molar-refractivity contribution in [1.29, 1.82) is 0 Å². The molecule has 0 radical (unpaired) electrons. The Morgan fingerprint density at radius 2 is 0.712 bits per heavy atom. The molecule has 0 saturated heterocycles. The van der Waals surface area contributed by atoms with Crippen LogP contribution in [0.3, 0.4) is 0 Å². The van der Waals surface area contributed by atoms with Gasteiger partial charge in [0.25, 0.3) is 0 Å². The number of hydrogen-bond acceptors (Lipinski definition) is 2. The minimum Gasteiger partial charge on any atom is -0.310 e. The summed E-state index contributed by atoms with van der Waals surface area (Å²) in [6, 6.07) is 72.8. The van der Waals surface area contributed by atoms with Crippen LogP contribution in [0.25, 0.3) is 75.1 Å². The van der Waals surface area contributed by atoms with Gasteiger partial charge in [0.15, 0.2) is 0 Å². The third kappa shape index (κ3) is 5.16. The van der Waals surface area contributed by atoms with E-state index >= 15 is 0 Å².